The zero-order chi connectivity index (χ0) is 14.1. The molecule has 0 atom stereocenters. The molecule has 0 aromatic heterocycles. The van der Waals surface area contributed by atoms with Crippen molar-refractivity contribution in [2.75, 3.05) is 20.3 Å². The summed E-state index contributed by atoms with van der Waals surface area (Å²) in [6.45, 7) is 7.08. The quantitative estimate of drug-likeness (QED) is 0.720. The lowest BCUT2D eigenvalue weighted by Crippen LogP contribution is -2.36. The largest absolute Gasteiger partial charge is 0.383 e. The first-order valence-corrected chi connectivity index (χ1v) is 6.97. The number of nitriles is 1. The molecule has 0 fully saturated rings. The van der Waals surface area contributed by atoms with Crippen LogP contribution < -0.4 is 0 Å². The maximum atomic E-state index is 8.81. The molecular formula is C16H24N2O. The van der Waals surface area contributed by atoms with Gasteiger partial charge in [0.15, 0.2) is 0 Å². The SMILES string of the molecule is CCC(CC)N(CCOC)Cc1ccc(C#N)cc1. The Bertz CT molecular complexity index is 390. The molecule has 1 rings (SSSR count). The van der Waals surface area contributed by atoms with E-state index in [9.17, 15) is 0 Å². The summed E-state index contributed by atoms with van der Waals surface area (Å²) in [7, 11) is 1.74. The fraction of sp³-hybridized carbons (Fsp3) is 0.562. The second kappa shape index (κ2) is 8.68. The maximum absolute atomic E-state index is 8.81. The van der Waals surface area contributed by atoms with Gasteiger partial charge in [0.25, 0.3) is 0 Å². The van der Waals surface area contributed by atoms with E-state index < -0.39 is 0 Å². The lowest BCUT2D eigenvalue weighted by atomic mass is 10.1. The predicted molar refractivity (Wildman–Crippen MR) is 77.8 cm³/mol. The van der Waals surface area contributed by atoms with Gasteiger partial charge in [-0.05, 0) is 30.5 Å². The van der Waals surface area contributed by atoms with Gasteiger partial charge in [0.2, 0.25) is 0 Å². The highest BCUT2D eigenvalue weighted by molar-refractivity contribution is 5.31. The standard InChI is InChI=1S/C16H24N2O/c1-4-16(5-2)18(10-11-19-3)13-15-8-6-14(12-17)7-9-15/h6-9,16H,4-5,10-11,13H2,1-3H3. The highest BCUT2D eigenvalue weighted by Gasteiger charge is 2.15. The number of rotatable bonds is 8. The minimum Gasteiger partial charge on any atom is -0.383 e. The average Bonchev–Trinajstić information content (AvgIpc) is 2.46. The molecule has 3 nitrogen and oxygen atoms in total. The third-order valence-electron chi connectivity index (χ3n) is 3.51. The molecule has 104 valence electrons. The second-order valence-electron chi connectivity index (χ2n) is 4.74. The number of methoxy groups -OCH3 is 1. The van der Waals surface area contributed by atoms with Crippen LogP contribution in [0.3, 0.4) is 0 Å². The monoisotopic (exact) mass is 260 g/mol. The van der Waals surface area contributed by atoms with Crippen molar-refractivity contribution in [3.8, 4) is 6.07 Å². The molecule has 0 aliphatic heterocycles. The normalized spacial score (nSPS) is 10.9. The van der Waals surface area contributed by atoms with Gasteiger partial charge in [-0.1, -0.05) is 26.0 Å². The summed E-state index contributed by atoms with van der Waals surface area (Å²) in [6, 6.07) is 10.6. The molecule has 0 amide bonds. The van der Waals surface area contributed by atoms with Crippen molar-refractivity contribution in [2.45, 2.75) is 39.3 Å². The minimum absolute atomic E-state index is 0.589. The lowest BCUT2D eigenvalue weighted by Gasteiger charge is -2.30. The Morgan fingerprint density at radius 1 is 1.21 bits per heavy atom. The molecule has 0 heterocycles. The lowest BCUT2D eigenvalue weighted by molar-refractivity contribution is 0.110. The Labute approximate surface area is 116 Å². The van der Waals surface area contributed by atoms with Gasteiger partial charge in [0, 0.05) is 26.2 Å². The maximum Gasteiger partial charge on any atom is 0.0991 e. The van der Waals surface area contributed by atoms with Gasteiger partial charge in [-0.25, -0.2) is 0 Å². The number of hydrogen-bond donors (Lipinski definition) is 0. The van der Waals surface area contributed by atoms with Crippen molar-refractivity contribution in [3.63, 3.8) is 0 Å². The third-order valence-corrected chi connectivity index (χ3v) is 3.51. The minimum atomic E-state index is 0.589. The summed E-state index contributed by atoms with van der Waals surface area (Å²) in [5.74, 6) is 0. The van der Waals surface area contributed by atoms with Crippen molar-refractivity contribution >= 4 is 0 Å². The van der Waals surface area contributed by atoms with Crippen LogP contribution in [0.15, 0.2) is 24.3 Å². The van der Waals surface area contributed by atoms with Crippen LogP contribution in [-0.2, 0) is 11.3 Å². The number of nitrogens with zero attached hydrogens (tertiary/aromatic N) is 2. The van der Waals surface area contributed by atoms with E-state index in [1.165, 1.54) is 5.56 Å². The predicted octanol–water partition coefficient (Wildman–Crippen LogP) is 3.20. The summed E-state index contributed by atoms with van der Waals surface area (Å²) >= 11 is 0. The smallest absolute Gasteiger partial charge is 0.0991 e. The molecule has 1 aromatic carbocycles. The van der Waals surface area contributed by atoms with E-state index >= 15 is 0 Å². The van der Waals surface area contributed by atoms with E-state index in [0.717, 1.165) is 38.1 Å². The summed E-state index contributed by atoms with van der Waals surface area (Å²) in [4.78, 5) is 2.46. The Kier molecular flexibility index (Phi) is 7.17. The topological polar surface area (TPSA) is 36.3 Å². The van der Waals surface area contributed by atoms with Gasteiger partial charge in [-0.2, -0.15) is 5.26 Å². The first-order chi connectivity index (χ1) is 9.24. The Morgan fingerprint density at radius 2 is 1.84 bits per heavy atom. The molecule has 0 saturated heterocycles. The van der Waals surface area contributed by atoms with Gasteiger partial charge in [-0.3, -0.25) is 4.90 Å². The van der Waals surface area contributed by atoms with Crippen LogP contribution >= 0.6 is 0 Å². The molecule has 0 unspecified atom stereocenters. The highest BCUT2D eigenvalue weighted by atomic mass is 16.5. The first-order valence-electron chi connectivity index (χ1n) is 6.97. The van der Waals surface area contributed by atoms with Crippen molar-refractivity contribution in [1.82, 2.24) is 4.90 Å². The van der Waals surface area contributed by atoms with Crippen LogP contribution in [0, 0.1) is 11.3 Å². The third kappa shape index (κ3) is 5.02. The average molecular weight is 260 g/mol. The van der Waals surface area contributed by atoms with Crippen LogP contribution in [0.5, 0.6) is 0 Å². The van der Waals surface area contributed by atoms with Crippen LogP contribution in [0.1, 0.15) is 37.8 Å². The number of benzene rings is 1. The van der Waals surface area contributed by atoms with Gasteiger partial charge in [0.1, 0.15) is 0 Å². The van der Waals surface area contributed by atoms with Gasteiger partial charge in [-0.15, -0.1) is 0 Å². The van der Waals surface area contributed by atoms with E-state index in [0.29, 0.717) is 6.04 Å². The number of ether oxygens (including phenoxy) is 1. The summed E-state index contributed by atoms with van der Waals surface area (Å²) in [6.07, 6.45) is 2.30. The van der Waals surface area contributed by atoms with E-state index in [4.69, 9.17) is 10.00 Å². The molecule has 0 radical (unpaired) electrons. The molecular weight excluding hydrogens is 236 g/mol. The fourth-order valence-electron chi connectivity index (χ4n) is 2.32. The van der Waals surface area contributed by atoms with Crippen LogP contribution in [0.2, 0.25) is 0 Å². The van der Waals surface area contributed by atoms with E-state index in [1.54, 1.807) is 7.11 Å². The molecule has 19 heavy (non-hydrogen) atoms. The van der Waals surface area contributed by atoms with E-state index in [-0.39, 0.29) is 0 Å². The Balaban J connectivity index is 2.71. The molecule has 0 saturated carbocycles. The summed E-state index contributed by atoms with van der Waals surface area (Å²) in [5.41, 5.74) is 1.97. The number of hydrogen-bond acceptors (Lipinski definition) is 3. The fourth-order valence-corrected chi connectivity index (χ4v) is 2.32. The summed E-state index contributed by atoms with van der Waals surface area (Å²) < 4.78 is 5.20. The van der Waals surface area contributed by atoms with Crippen molar-refractivity contribution in [1.29, 1.82) is 5.26 Å². The van der Waals surface area contributed by atoms with Crippen molar-refractivity contribution in [3.05, 3.63) is 35.4 Å². The molecule has 0 aliphatic carbocycles. The van der Waals surface area contributed by atoms with Crippen LogP contribution in [0.25, 0.3) is 0 Å². The van der Waals surface area contributed by atoms with Gasteiger partial charge >= 0.3 is 0 Å². The molecule has 0 bridgehead atoms. The van der Waals surface area contributed by atoms with E-state index in [2.05, 4.69) is 24.8 Å². The van der Waals surface area contributed by atoms with Crippen LogP contribution in [0.4, 0.5) is 0 Å². The van der Waals surface area contributed by atoms with Gasteiger partial charge in [0.05, 0.1) is 18.2 Å². The first kappa shape index (κ1) is 15.7. The molecule has 0 aliphatic rings. The highest BCUT2D eigenvalue weighted by Crippen LogP contribution is 2.14. The van der Waals surface area contributed by atoms with Crippen molar-refractivity contribution in [2.24, 2.45) is 0 Å². The van der Waals surface area contributed by atoms with Crippen molar-refractivity contribution < 1.29 is 4.74 Å². The van der Waals surface area contributed by atoms with E-state index in [1.807, 2.05) is 24.3 Å². The zero-order valence-electron chi connectivity index (χ0n) is 12.2. The second-order valence-corrected chi connectivity index (χ2v) is 4.74. The zero-order valence-corrected chi connectivity index (χ0v) is 12.2. The molecule has 0 N–H and O–H groups in total. The Hall–Kier alpha value is -1.37. The van der Waals surface area contributed by atoms with Gasteiger partial charge < -0.3 is 4.74 Å². The Morgan fingerprint density at radius 3 is 2.32 bits per heavy atom. The van der Waals surface area contributed by atoms with Crippen LogP contribution in [-0.4, -0.2) is 31.2 Å². The molecule has 3 heteroatoms. The molecule has 0 spiro atoms. The summed E-state index contributed by atoms with van der Waals surface area (Å²) in [5, 5.41) is 8.81. The molecule has 1 aromatic rings.